The molecule has 1 N–H and O–H groups in total. The van der Waals surface area contributed by atoms with Gasteiger partial charge in [-0.15, -0.1) is 0 Å². The van der Waals surface area contributed by atoms with Gasteiger partial charge >= 0.3 is 0 Å². The minimum absolute atomic E-state index is 0.0220. The zero-order valence-corrected chi connectivity index (χ0v) is 24.8. The van der Waals surface area contributed by atoms with Crippen molar-refractivity contribution < 1.29 is 27.1 Å². The highest BCUT2D eigenvalue weighted by Crippen LogP contribution is 2.26. The molecule has 2 amide bonds. The fourth-order valence-corrected chi connectivity index (χ4v) is 5.39. The van der Waals surface area contributed by atoms with E-state index in [2.05, 4.69) is 5.32 Å². The summed E-state index contributed by atoms with van der Waals surface area (Å²) in [6.45, 7) is -0.457. The topological polar surface area (TPSA) is 96.0 Å². The van der Waals surface area contributed by atoms with Crippen molar-refractivity contribution in [2.45, 2.75) is 25.7 Å². The molecule has 4 aromatic carbocycles. The molecular formula is C33H34FN3O5S. The van der Waals surface area contributed by atoms with Gasteiger partial charge in [0.25, 0.3) is 0 Å². The first-order valence-corrected chi connectivity index (χ1v) is 15.5. The lowest BCUT2D eigenvalue weighted by atomic mass is 10.0. The quantitative estimate of drug-likeness (QED) is 0.240. The molecule has 0 fully saturated rings. The van der Waals surface area contributed by atoms with E-state index in [9.17, 15) is 22.4 Å². The number of rotatable bonds is 13. The zero-order valence-electron chi connectivity index (χ0n) is 24.0. The highest BCUT2D eigenvalue weighted by atomic mass is 32.2. The first-order chi connectivity index (χ1) is 20.7. The normalized spacial score (nSPS) is 12.0. The highest BCUT2D eigenvalue weighted by Gasteiger charge is 2.34. The third-order valence-corrected chi connectivity index (χ3v) is 8.09. The van der Waals surface area contributed by atoms with Gasteiger partial charge in [-0.25, -0.2) is 12.8 Å². The summed E-state index contributed by atoms with van der Waals surface area (Å²) in [6.07, 6.45) is 1.04. The van der Waals surface area contributed by atoms with Gasteiger partial charge in [0.15, 0.2) is 0 Å². The fourth-order valence-electron chi connectivity index (χ4n) is 4.67. The molecule has 224 valence electrons. The Morgan fingerprint density at radius 3 is 2.02 bits per heavy atom. The van der Waals surface area contributed by atoms with Crippen LogP contribution in [0.2, 0.25) is 0 Å². The van der Waals surface area contributed by atoms with Gasteiger partial charge in [0.05, 0.1) is 19.9 Å². The number of carbonyl (C=O) groups excluding carboxylic acids is 2. The van der Waals surface area contributed by atoms with E-state index in [4.69, 9.17) is 4.74 Å². The number of para-hydroxylation sites is 1. The molecule has 10 heteroatoms. The van der Waals surface area contributed by atoms with Crippen molar-refractivity contribution in [1.82, 2.24) is 14.5 Å². The van der Waals surface area contributed by atoms with Gasteiger partial charge in [-0.05, 0) is 34.9 Å². The molecule has 4 aromatic rings. The second kappa shape index (κ2) is 14.6. The van der Waals surface area contributed by atoms with E-state index >= 15 is 0 Å². The maximum absolute atomic E-state index is 14.1. The van der Waals surface area contributed by atoms with Gasteiger partial charge in [0.1, 0.15) is 17.6 Å². The fraction of sp³-hybridized carbons (Fsp3) is 0.212. The summed E-state index contributed by atoms with van der Waals surface area (Å²) in [7, 11) is -2.27. The van der Waals surface area contributed by atoms with Crippen molar-refractivity contribution in [1.29, 1.82) is 0 Å². The van der Waals surface area contributed by atoms with E-state index < -0.39 is 40.2 Å². The van der Waals surface area contributed by atoms with Crippen molar-refractivity contribution in [2.24, 2.45) is 0 Å². The van der Waals surface area contributed by atoms with Crippen LogP contribution in [0.5, 0.6) is 5.75 Å². The van der Waals surface area contributed by atoms with Crippen LogP contribution in [0.25, 0.3) is 0 Å². The smallest absolute Gasteiger partial charge is 0.247 e. The lowest BCUT2D eigenvalue weighted by Gasteiger charge is -2.33. The number of hydrogen-bond donors (Lipinski definition) is 1. The Labute approximate surface area is 251 Å². The van der Waals surface area contributed by atoms with Crippen LogP contribution in [0, 0.1) is 5.82 Å². The number of methoxy groups -OCH3 is 1. The Hall–Kier alpha value is -4.54. The molecule has 43 heavy (non-hydrogen) atoms. The van der Waals surface area contributed by atoms with E-state index in [1.165, 1.54) is 29.2 Å². The van der Waals surface area contributed by atoms with Crippen LogP contribution in [0.4, 0.5) is 4.39 Å². The molecule has 0 aliphatic rings. The summed E-state index contributed by atoms with van der Waals surface area (Å²) in [5.41, 5.74) is 2.55. The number of ether oxygens (including phenoxy) is 1. The second-order valence-electron chi connectivity index (χ2n) is 10.0. The molecule has 8 nitrogen and oxygen atoms in total. The third kappa shape index (κ3) is 8.73. The monoisotopic (exact) mass is 603 g/mol. The average Bonchev–Trinajstić information content (AvgIpc) is 3.01. The molecule has 0 aliphatic heterocycles. The van der Waals surface area contributed by atoms with Crippen molar-refractivity contribution >= 4 is 21.8 Å². The molecule has 1 atom stereocenters. The molecule has 0 aliphatic carbocycles. The van der Waals surface area contributed by atoms with Gasteiger partial charge in [-0.2, -0.15) is 4.31 Å². The predicted molar refractivity (Wildman–Crippen MR) is 163 cm³/mol. The van der Waals surface area contributed by atoms with Gasteiger partial charge < -0.3 is 15.0 Å². The van der Waals surface area contributed by atoms with E-state index in [0.29, 0.717) is 22.4 Å². The molecule has 0 spiro atoms. The number of amides is 2. The van der Waals surface area contributed by atoms with Crippen molar-refractivity contribution in [3.05, 3.63) is 137 Å². The maximum Gasteiger partial charge on any atom is 0.247 e. The Morgan fingerprint density at radius 2 is 1.40 bits per heavy atom. The molecule has 0 radical (unpaired) electrons. The van der Waals surface area contributed by atoms with Crippen molar-refractivity contribution in [3.8, 4) is 5.75 Å². The molecule has 1 unspecified atom stereocenters. The minimum Gasteiger partial charge on any atom is -0.496 e. The van der Waals surface area contributed by atoms with Crippen LogP contribution >= 0.6 is 0 Å². The number of sulfonamides is 1. The molecule has 0 saturated carbocycles. The molecule has 0 bridgehead atoms. The van der Waals surface area contributed by atoms with E-state index in [0.717, 1.165) is 16.1 Å². The van der Waals surface area contributed by atoms with Crippen LogP contribution in [0.15, 0.2) is 109 Å². The van der Waals surface area contributed by atoms with Crippen molar-refractivity contribution in [3.63, 3.8) is 0 Å². The minimum atomic E-state index is -3.81. The van der Waals surface area contributed by atoms with Crippen LogP contribution in [-0.4, -0.2) is 49.3 Å². The average molecular weight is 604 g/mol. The molecule has 4 rings (SSSR count). The van der Waals surface area contributed by atoms with Crippen LogP contribution in [0.3, 0.4) is 0 Å². The molecular weight excluding hydrogens is 569 g/mol. The Kier molecular flexibility index (Phi) is 10.6. The third-order valence-electron chi connectivity index (χ3n) is 6.89. The summed E-state index contributed by atoms with van der Waals surface area (Å²) in [6, 6.07) is 29.5. The van der Waals surface area contributed by atoms with Crippen LogP contribution < -0.4 is 10.1 Å². The lowest BCUT2D eigenvalue weighted by Crippen LogP contribution is -2.47. The summed E-state index contributed by atoms with van der Waals surface area (Å²) in [5, 5.41) is 2.92. The van der Waals surface area contributed by atoms with Gasteiger partial charge in [-0.3, -0.25) is 9.59 Å². The highest BCUT2D eigenvalue weighted by molar-refractivity contribution is 7.88. The van der Waals surface area contributed by atoms with Crippen LogP contribution in [-0.2, 0) is 39.2 Å². The predicted octanol–water partition coefficient (Wildman–Crippen LogP) is 4.68. The van der Waals surface area contributed by atoms with Gasteiger partial charge in [0.2, 0.25) is 21.8 Å². The maximum atomic E-state index is 14.1. The summed E-state index contributed by atoms with van der Waals surface area (Å²) in [4.78, 5) is 29.4. The van der Waals surface area contributed by atoms with Crippen molar-refractivity contribution in [2.75, 3.05) is 19.9 Å². The number of hydrogen-bond acceptors (Lipinski definition) is 5. The molecule has 0 saturated heterocycles. The van der Waals surface area contributed by atoms with E-state index in [-0.39, 0.29) is 19.6 Å². The van der Waals surface area contributed by atoms with E-state index in [1.807, 2.05) is 24.3 Å². The summed E-state index contributed by atoms with van der Waals surface area (Å²) in [5.74, 6) is -0.904. The molecule has 0 heterocycles. The van der Waals surface area contributed by atoms with Crippen LogP contribution in [0.1, 0.15) is 28.3 Å². The first-order valence-electron chi connectivity index (χ1n) is 13.6. The van der Waals surface area contributed by atoms with Gasteiger partial charge in [-0.1, -0.05) is 91.0 Å². The number of nitrogens with zero attached hydrogens (tertiary/aromatic N) is 2. The molecule has 0 aromatic heterocycles. The summed E-state index contributed by atoms with van der Waals surface area (Å²) < 4.78 is 45.8. The Balaban J connectivity index is 1.70. The second-order valence-corrected chi connectivity index (χ2v) is 12.0. The standard InChI is InChI=1S/C33H34FN3O5S/c1-42-30-16-10-9-15-28(30)21-35-33(39)32(27-13-7-4-8-14-27)37(23-26-17-19-29(34)20-18-26)31(38)24-36(43(2,40)41)22-25-11-5-3-6-12-25/h3-20,32H,21-24H2,1-2H3,(H,35,39). The Bertz CT molecular complexity index is 1620. The van der Waals surface area contributed by atoms with Gasteiger partial charge in [0, 0.05) is 25.2 Å². The Morgan fingerprint density at radius 1 is 0.814 bits per heavy atom. The summed E-state index contributed by atoms with van der Waals surface area (Å²) >= 11 is 0. The lowest BCUT2D eigenvalue weighted by molar-refractivity contribution is -0.141. The SMILES string of the molecule is COc1ccccc1CNC(=O)C(c1ccccc1)N(Cc1ccc(F)cc1)C(=O)CN(Cc1ccccc1)S(C)(=O)=O. The van der Waals surface area contributed by atoms with E-state index in [1.54, 1.807) is 67.8 Å². The number of carbonyl (C=O) groups is 2. The zero-order chi connectivity index (χ0) is 30.8. The number of benzene rings is 4. The number of halogens is 1. The number of nitrogens with one attached hydrogen (secondary N) is 1. The largest absolute Gasteiger partial charge is 0.496 e. The first kappa shape index (κ1) is 31.4.